The highest BCUT2D eigenvalue weighted by atomic mass is 16.3. The predicted molar refractivity (Wildman–Crippen MR) is 123 cm³/mol. The molecule has 168 valence electrons. The molecule has 1 amide bonds. The number of unbranched alkanes of at least 4 members (excludes halogenated alkanes) is 14. The molecule has 0 bridgehead atoms. The maximum atomic E-state index is 11.8. The Morgan fingerprint density at radius 1 is 0.714 bits per heavy atom. The van der Waals surface area contributed by atoms with E-state index in [0.29, 0.717) is 6.42 Å². The van der Waals surface area contributed by atoms with Crippen LogP contribution in [0, 0.1) is 5.41 Å². The lowest BCUT2D eigenvalue weighted by atomic mass is 9.89. The van der Waals surface area contributed by atoms with E-state index in [9.17, 15) is 9.90 Å². The monoisotopic (exact) mass is 397 g/mol. The second kappa shape index (κ2) is 19.7. The molecule has 0 radical (unpaired) electrons. The number of hydrogen-bond donors (Lipinski definition) is 2. The van der Waals surface area contributed by atoms with Gasteiger partial charge >= 0.3 is 0 Å². The van der Waals surface area contributed by atoms with Crippen LogP contribution in [0.5, 0.6) is 0 Å². The first kappa shape index (κ1) is 27.4. The Morgan fingerprint density at radius 2 is 1.14 bits per heavy atom. The molecule has 0 unspecified atom stereocenters. The van der Waals surface area contributed by atoms with E-state index in [-0.39, 0.29) is 17.9 Å². The summed E-state index contributed by atoms with van der Waals surface area (Å²) in [5.74, 6) is 0.191. The number of carbonyl (C=O) groups excluding carboxylic acids is 1. The number of nitrogens with one attached hydrogen (secondary N) is 1. The highest BCUT2D eigenvalue weighted by molar-refractivity contribution is 5.75. The van der Waals surface area contributed by atoms with E-state index >= 15 is 0 Å². The minimum absolute atomic E-state index is 0.0288. The van der Waals surface area contributed by atoms with Gasteiger partial charge in [0.2, 0.25) is 5.91 Å². The Hall–Kier alpha value is -0.570. The first-order valence-corrected chi connectivity index (χ1v) is 12.4. The number of rotatable bonds is 21. The zero-order chi connectivity index (χ0) is 20.9. The molecule has 0 saturated carbocycles. The van der Waals surface area contributed by atoms with Crippen LogP contribution in [-0.2, 0) is 4.79 Å². The van der Waals surface area contributed by atoms with Crippen molar-refractivity contribution < 1.29 is 9.90 Å². The van der Waals surface area contributed by atoms with Gasteiger partial charge in [-0.3, -0.25) is 4.79 Å². The van der Waals surface area contributed by atoms with Gasteiger partial charge in [0, 0.05) is 19.6 Å². The Labute approximate surface area is 176 Å². The molecule has 0 aromatic carbocycles. The molecular formula is C25H51NO2. The smallest absolute Gasteiger partial charge is 0.219 e. The second-order valence-corrected chi connectivity index (χ2v) is 9.48. The molecule has 0 aromatic rings. The summed E-state index contributed by atoms with van der Waals surface area (Å²) in [7, 11) is 0. The largest absolute Gasteiger partial charge is 0.396 e. The number of carbonyl (C=O) groups is 1. The normalized spacial score (nSPS) is 11.7. The summed E-state index contributed by atoms with van der Waals surface area (Å²) in [5.41, 5.74) is -0.0288. The third-order valence-corrected chi connectivity index (χ3v) is 5.79. The van der Waals surface area contributed by atoms with Crippen molar-refractivity contribution in [3.05, 3.63) is 0 Å². The SMILES string of the molecule is CCCCCCCCCCCCCCCCCC(=O)NCCCC(C)(C)CO. The molecule has 0 aliphatic rings. The van der Waals surface area contributed by atoms with Crippen LogP contribution in [0.4, 0.5) is 0 Å². The lowest BCUT2D eigenvalue weighted by Crippen LogP contribution is -2.26. The fraction of sp³-hybridized carbons (Fsp3) is 0.960. The lowest BCUT2D eigenvalue weighted by molar-refractivity contribution is -0.121. The van der Waals surface area contributed by atoms with Crippen molar-refractivity contribution in [2.24, 2.45) is 5.41 Å². The van der Waals surface area contributed by atoms with Gasteiger partial charge in [-0.1, -0.05) is 111 Å². The van der Waals surface area contributed by atoms with Gasteiger partial charge in [0.05, 0.1) is 0 Å². The van der Waals surface area contributed by atoms with Crippen LogP contribution in [0.15, 0.2) is 0 Å². The second-order valence-electron chi connectivity index (χ2n) is 9.48. The first-order valence-electron chi connectivity index (χ1n) is 12.4. The van der Waals surface area contributed by atoms with Crippen molar-refractivity contribution in [1.82, 2.24) is 5.32 Å². The standard InChI is InChI=1S/C25H51NO2/c1-4-5-6-7-8-9-10-11-12-13-14-15-16-17-18-20-24(28)26-22-19-21-25(2,3)23-27/h27H,4-23H2,1-3H3,(H,26,28). The fourth-order valence-corrected chi connectivity index (χ4v) is 3.62. The lowest BCUT2D eigenvalue weighted by Gasteiger charge is -2.21. The van der Waals surface area contributed by atoms with Crippen LogP contribution >= 0.6 is 0 Å². The van der Waals surface area contributed by atoms with E-state index in [1.54, 1.807) is 0 Å². The molecule has 0 rings (SSSR count). The van der Waals surface area contributed by atoms with E-state index < -0.39 is 0 Å². The molecule has 0 saturated heterocycles. The maximum absolute atomic E-state index is 11.8. The van der Waals surface area contributed by atoms with Gasteiger partial charge in [-0.2, -0.15) is 0 Å². The van der Waals surface area contributed by atoms with E-state index in [0.717, 1.165) is 25.8 Å². The van der Waals surface area contributed by atoms with Crippen LogP contribution in [0.2, 0.25) is 0 Å². The molecule has 0 heterocycles. The zero-order valence-electron chi connectivity index (χ0n) is 19.5. The highest BCUT2D eigenvalue weighted by Gasteiger charge is 2.15. The summed E-state index contributed by atoms with van der Waals surface area (Å²) in [6, 6.07) is 0. The highest BCUT2D eigenvalue weighted by Crippen LogP contribution is 2.20. The van der Waals surface area contributed by atoms with Crippen molar-refractivity contribution >= 4 is 5.91 Å². The van der Waals surface area contributed by atoms with Crippen LogP contribution in [0.1, 0.15) is 136 Å². The zero-order valence-corrected chi connectivity index (χ0v) is 19.5. The van der Waals surface area contributed by atoms with Crippen molar-refractivity contribution in [2.75, 3.05) is 13.2 Å². The maximum Gasteiger partial charge on any atom is 0.219 e. The molecule has 0 aliphatic heterocycles. The van der Waals surface area contributed by atoms with Crippen molar-refractivity contribution in [2.45, 2.75) is 136 Å². The first-order chi connectivity index (χ1) is 13.5. The molecular weight excluding hydrogens is 346 g/mol. The van der Waals surface area contributed by atoms with Gasteiger partial charge in [0.15, 0.2) is 0 Å². The molecule has 2 N–H and O–H groups in total. The van der Waals surface area contributed by atoms with Crippen LogP contribution < -0.4 is 5.32 Å². The summed E-state index contributed by atoms with van der Waals surface area (Å²) in [4.78, 5) is 11.8. The summed E-state index contributed by atoms with van der Waals surface area (Å²) in [6.07, 6.45) is 22.9. The van der Waals surface area contributed by atoms with Crippen molar-refractivity contribution in [3.63, 3.8) is 0 Å². The number of amides is 1. The molecule has 0 fully saturated rings. The summed E-state index contributed by atoms with van der Waals surface area (Å²) in [6.45, 7) is 7.34. The topological polar surface area (TPSA) is 49.3 Å². The Kier molecular flexibility index (Phi) is 19.3. The Morgan fingerprint density at radius 3 is 1.57 bits per heavy atom. The van der Waals surface area contributed by atoms with Gasteiger partial charge in [0.25, 0.3) is 0 Å². The number of aliphatic hydroxyl groups excluding tert-OH is 1. The van der Waals surface area contributed by atoms with Crippen LogP contribution in [0.25, 0.3) is 0 Å². The average molecular weight is 398 g/mol. The third-order valence-electron chi connectivity index (χ3n) is 5.79. The van der Waals surface area contributed by atoms with E-state index in [4.69, 9.17) is 0 Å². The van der Waals surface area contributed by atoms with E-state index in [1.165, 1.54) is 89.9 Å². The fourth-order valence-electron chi connectivity index (χ4n) is 3.62. The van der Waals surface area contributed by atoms with Crippen molar-refractivity contribution in [3.8, 4) is 0 Å². The third kappa shape index (κ3) is 20.2. The summed E-state index contributed by atoms with van der Waals surface area (Å²) < 4.78 is 0. The quantitative estimate of drug-likeness (QED) is 0.202. The van der Waals surface area contributed by atoms with Crippen LogP contribution in [0.3, 0.4) is 0 Å². The van der Waals surface area contributed by atoms with Gasteiger partial charge in [-0.05, 0) is 24.7 Å². The van der Waals surface area contributed by atoms with Gasteiger partial charge in [-0.15, -0.1) is 0 Å². The minimum Gasteiger partial charge on any atom is -0.396 e. The summed E-state index contributed by atoms with van der Waals surface area (Å²) >= 11 is 0. The average Bonchev–Trinajstić information content (AvgIpc) is 2.68. The molecule has 3 heteroatoms. The molecule has 28 heavy (non-hydrogen) atoms. The summed E-state index contributed by atoms with van der Waals surface area (Å²) in [5, 5.41) is 12.2. The molecule has 0 aromatic heterocycles. The van der Waals surface area contributed by atoms with Crippen LogP contribution in [-0.4, -0.2) is 24.2 Å². The van der Waals surface area contributed by atoms with E-state index in [2.05, 4.69) is 26.1 Å². The molecule has 0 aliphatic carbocycles. The van der Waals surface area contributed by atoms with Gasteiger partial charge < -0.3 is 10.4 Å². The molecule has 0 spiro atoms. The molecule has 3 nitrogen and oxygen atoms in total. The minimum atomic E-state index is -0.0288. The Balaban J connectivity index is 3.21. The van der Waals surface area contributed by atoms with Crippen molar-refractivity contribution in [1.29, 1.82) is 0 Å². The molecule has 0 atom stereocenters. The van der Waals surface area contributed by atoms with E-state index in [1.807, 2.05) is 0 Å². The number of hydrogen-bond acceptors (Lipinski definition) is 2. The van der Waals surface area contributed by atoms with Gasteiger partial charge in [0.1, 0.15) is 0 Å². The predicted octanol–water partition coefficient (Wildman–Crippen LogP) is 7.16. The Bertz CT molecular complexity index is 341. The number of aliphatic hydroxyl groups is 1. The van der Waals surface area contributed by atoms with Gasteiger partial charge in [-0.25, -0.2) is 0 Å².